The molecule has 184 valence electrons. The number of aliphatic hydroxyl groups excluding tert-OH is 1. The highest BCUT2D eigenvalue weighted by molar-refractivity contribution is 5.80. The standard InChI is InChI=1S/C26H42N4O3/c1-3-4-5-6-17(2)28-26-27-16-24-22(18-7-9-20(10-8-18)25(32)33)15-23(30(24)29-26)19-11-13-21(31)14-12-19/h15,17-21,31H,3-14,16H2,1-2H3,(H,32,33)(H2,27,28,29). The predicted octanol–water partition coefficient (Wildman–Crippen LogP) is 4.65. The van der Waals surface area contributed by atoms with Crippen LogP contribution in [-0.2, 0) is 11.3 Å². The molecule has 1 atom stereocenters. The fourth-order valence-corrected chi connectivity index (χ4v) is 5.93. The summed E-state index contributed by atoms with van der Waals surface area (Å²) in [6.07, 6.45) is 11.8. The minimum Gasteiger partial charge on any atom is -0.481 e. The van der Waals surface area contributed by atoms with E-state index in [4.69, 9.17) is 5.10 Å². The van der Waals surface area contributed by atoms with Crippen LogP contribution < -0.4 is 10.6 Å². The normalized spacial score (nSPS) is 28.4. The van der Waals surface area contributed by atoms with Crippen molar-refractivity contribution in [3.8, 4) is 0 Å². The van der Waals surface area contributed by atoms with Crippen LogP contribution in [0, 0.1) is 5.92 Å². The van der Waals surface area contributed by atoms with Gasteiger partial charge in [0.2, 0.25) is 5.96 Å². The van der Waals surface area contributed by atoms with Crippen LogP contribution in [0.25, 0.3) is 0 Å². The number of hydrogen-bond acceptors (Lipinski definition) is 5. The van der Waals surface area contributed by atoms with Crippen molar-refractivity contribution >= 4 is 11.9 Å². The topological polar surface area (TPSA) is 98.9 Å². The third kappa shape index (κ3) is 5.73. The molecule has 4 N–H and O–H groups in total. The van der Waals surface area contributed by atoms with Crippen LogP contribution in [0.15, 0.2) is 11.2 Å². The monoisotopic (exact) mass is 458 g/mol. The summed E-state index contributed by atoms with van der Waals surface area (Å²) in [6, 6.07) is 2.74. The van der Waals surface area contributed by atoms with Crippen LogP contribution in [0.5, 0.6) is 0 Å². The average Bonchev–Trinajstić information content (AvgIpc) is 3.18. The summed E-state index contributed by atoms with van der Waals surface area (Å²) in [5.41, 5.74) is 3.86. The second kappa shape index (κ2) is 10.9. The molecule has 33 heavy (non-hydrogen) atoms. The molecule has 1 aromatic rings. The van der Waals surface area contributed by atoms with E-state index in [0.717, 1.165) is 70.3 Å². The van der Waals surface area contributed by atoms with Crippen LogP contribution in [0.4, 0.5) is 0 Å². The minimum absolute atomic E-state index is 0.172. The Hall–Kier alpha value is -2.02. The molecule has 2 saturated carbocycles. The molecule has 0 aromatic carbocycles. The maximum absolute atomic E-state index is 11.4. The molecule has 7 heteroatoms. The van der Waals surface area contributed by atoms with Gasteiger partial charge in [-0.3, -0.25) is 4.79 Å². The van der Waals surface area contributed by atoms with E-state index < -0.39 is 5.97 Å². The van der Waals surface area contributed by atoms with Gasteiger partial charge in [0.25, 0.3) is 0 Å². The van der Waals surface area contributed by atoms with E-state index in [9.17, 15) is 15.0 Å². The number of aromatic nitrogens is 1. The van der Waals surface area contributed by atoms with Gasteiger partial charge in [-0.25, -0.2) is 4.68 Å². The number of rotatable bonds is 8. The lowest BCUT2D eigenvalue weighted by atomic mass is 9.78. The lowest BCUT2D eigenvalue weighted by molar-refractivity contribution is -0.142. The van der Waals surface area contributed by atoms with Gasteiger partial charge in [0.1, 0.15) is 0 Å². The number of nitrogens with zero attached hydrogens (tertiary/aromatic N) is 2. The summed E-state index contributed by atoms with van der Waals surface area (Å²) in [6.45, 7) is 5.20. The number of hydrogen-bond donors (Lipinski definition) is 4. The molecule has 1 unspecified atom stereocenters. The average molecular weight is 459 g/mol. The van der Waals surface area contributed by atoms with Gasteiger partial charge in [0.15, 0.2) is 0 Å². The van der Waals surface area contributed by atoms with Gasteiger partial charge in [0.05, 0.1) is 24.3 Å². The summed E-state index contributed by atoms with van der Waals surface area (Å²) < 4.78 is 2.18. The van der Waals surface area contributed by atoms with Gasteiger partial charge in [-0.1, -0.05) is 26.2 Å². The smallest absolute Gasteiger partial charge is 0.306 e. The maximum atomic E-state index is 11.4. The first-order chi connectivity index (χ1) is 16.0. The van der Waals surface area contributed by atoms with Crippen molar-refractivity contribution in [2.75, 3.05) is 0 Å². The zero-order chi connectivity index (χ0) is 23.4. The zero-order valence-corrected chi connectivity index (χ0v) is 20.4. The number of unbranched alkanes of at least 4 members (excludes halogenated alkanes) is 2. The van der Waals surface area contributed by atoms with E-state index in [1.807, 2.05) is 0 Å². The molecule has 4 rings (SSSR count). The summed E-state index contributed by atoms with van der Waals surface area (Å²) in [5, 5.41) is 31.5. The molecule has 2 fully saturated rings. The Balaban J connectivity index is 1.55. The highest BCUT2D eigenvalue weighted by Gasteiger charge is 2.33. The van der Waals surface area contributed by atoms with Crippen molar-refractivity contribution in [2.24, 2.45) is 11.0 Å². The Morgan fingerprint density at radius 3 is 2.52 bits per heavy atom. The highest BCUT2D eigenvalue weighted by atomic mass is 16.4. The number of aliphatic hydroxyl groups is 1. The van der Waals surface area contributed by atoms with E-state index in [0.29, 0.717) is 17.9 Å². The van der Waals surface area contributed by atoms with Crippen molar-refractivity contribution in [3.63, 3.8) is 0 Å². The first-order valence-electron chi connectivity index (χ1n) is 13.2. The third-order valence-electron chi connectivity index (χ3n) is 8.02. The van der Waals surface area contributed by atoms with Gasteiger partial charge in [-0.05, 0) is 82.3 Å². The fraction of sp³-hybridized carbons (Fsp3) is 0.769. The number of carboxylic acid groups (broad SMARTS) is 1. The van der Waals surface area contributed by atoms with Crippen LogP contribution in [0.2, 0.25) is 0 Å². The molecule has 2 heterocycles. The van der Waals surface area contributed by atoms with Gasteiger partial charge in [-0.2, -0.15) is 0 Å². The van der Waals surface area contributed by atoms with E-state index in [1.165, 1.54) is 36.2 Å². The summed E-state index contributed by atoms with van der Waals surface area (Å²) in [5.74, 6) is 0.829. The van der Waals surface area contributed by atoms with E-state index in [1.54, 1.807) is 0 Å². The highest BCUT2D eigenvalue weighted by Crippen LogP contribution is 2.42. The number of aliphatic carboxylic acids is 1. The Labute approximate surface area is 198 Å². The summed E-state index contributed by atoms with van der Waals surface area (Å²) >= 11 is 0. The number of nitrogens with one attached hydrogen (secondary N) is 2. The Kier molecular flexibility index (Phi) is 7.99. The Morgan fingerprint density at radius 2 is 1.85 bits per heavy atom. The fourth-order valence-electron chi connectivity index (χ4n) is 5.93. The van der Waals surface area contributed by atoms with Gasteiger partial charge >= 0.3 is 5.97 Å². The maximum Gasteiger partial charge on any atom is 0.306 e. The zero-order valence-electron chi connectivity index (χ0n) is 20.4. The molecule has 0 amide bonds. The minimum atomic E-state index is -0.649. The van der Waals surface area contributed by atoms with Crippen molar-refractivity contribution in [1.29, 1.82) is 0 Å². The van der Waals surface area contributed by atoms with E-state index in [-0.39, 0.29) is 12.0 Å². The molecule has 2 aliphatic carbocycles. The molecule has 7 nitrogen and oxygen atoms in total. The molecule has 0 bridgehead atoms. The first kappa shape index (κ1) is 24.1. The van der Waals surface area contributed by atoms with E-state index >= 15 is 0 Å². The largest absolute Gasteiger partial charge is 0.481 e. The quantitative estimate of drug-likeness (QED) is 0.425. The Bertz CT molecular complexity index is 833. The molecular formula is C26H42N4O3. The second-order valence-corrected chi connectivity index (χ2v) is 10.5. The molecule has 3 aliphatic rings. The van der Waals surface area contributed by atoms with Crippen molar-refractivity contribution in [3.05, 3.63) is 23.0 Å². The summed E-state index contributed by atoms with van der Waals surface area (Å²) in [7, 11) is 0. The molecule has 0 spiro atoms. The van der Waals surface area contributed by atoms with E-state index in [2.05, 4.69) is 35.2 Å². The van der Waals surface area contributed by atoms with Crippen LogP contribution in [-0.4, -0.2) is 39.0 Å². The van der Waals surface area contributed by atoms with Crippen LogP contribution in [0.1, 0.15) is 120 Å². The molecular weight excluding hydrogens is 416 g/mol. The van der Waals surface area contributed by atoms with Crippen LogP contribution >= 0.6 is 0 Å². The first-order valence-corrected chi connectivity index (χ1v) is 13.2. The van der Waals surface area contributed by atoms with Gasteiger partial charge in [-0.15, -0.1) is 5.10 Å². The number of carboxylic acids is 1. The van der Waals surface area contributed by atoms with Gasteiger partial charge in [0, 0.05) is 17.7 Å². The summed E-state index contributed by atoms with van der Waals surface area (Å²) in [4.78, 5) is 11.4. The van der Waals surface area contributed by atoms with Crippen LogP contribution in [0.3, 0.4) is 0 Å². The van der Waals surface area contributed by atoms with Crippen molar-refractivity contribution < 1.29 is 15.0 Å². The number of fused-ring (bicyclic) bond motifs is 1. The second-order valence-electron chi connectivity index (χ2n) is 10.5. The molecule has 0 saturated heterocycles. The number of carbonyl (C=O) groups is 1. The lowest BCUT2D eigenvalue weighted by Crippen LogP contribution is -2.45. The number of guanidine groups is 1. The van der Waals surface area contributed by atoms with Crippen molar-refractivity contribution in [2.45, 2.75) is 121 Å². The van der Waals surface area contributed by atoms with Gasteiger partial charge < -0.3 is 20.8 Å². The molecule has 1 aromatic heterocycles. The van der Waals surface area contributed by atoms with Crippen molar-refractivity contribution in [1.82, 2.24) is 15.3 Å². The SMILES string of the molecule is CCCCCC(C)NC1=Nn2c(C3CCC(O)CC3)cc(C3CCC(C(=O)O)CC3)c2CN1. The third-order valence-corrected chi connectivity index (χ3v) is 8.02. The Morgan fingerprint density at radius 1 is 1.15 bits per heavy atom. The molecule has 1 aliphatic heterocycles. The molecule has 0 radical (unpaired) electrons. The lowest BCUT2D eigenvalue weighted by Gasteiger charge is -2.29. The predicted molar refractivity (Wildman–Crippen MR) is 130 cm³/mol.